The summed E-state index contributed by atoms with van der Waals surface area (Å²) < 4.78 is 20.6. The number of ether oxygens (including phenoxy) is 3. The molecular formula is C47H52N4O10S. The molecule has 1 fully saturated rings. The number of nitrogens with zero attached hydrogens (tertiary/aromatic N) is 4. The third-order valence-electron chi connectivity index (χ3n) is 11.9. The average Bonchev–Trinajstić information content (AvgIpc) is 3.28. The lowest BCUT2D eigenvalue weighted by molar-refractivity contribution is -0.385. The maximum Gasteiger partial charge on any atom is 0.273 e. The van der Waals surface area contributed by atoms with Gasteiger partial charge in [-0.1, -0.05) is 36.2 Å². The summed E-state index contributed by atoms with van der Waals surface area (Å²) in [4.78, 5) is 32.4. The lowest BCUT2D eigenvalue weighted by Gasteiger charge is -2.58. The molecule has 6 atom stereocenters. The molecule has 3 aliphatic rings. The highest BCUT2D eigenvalue weighted by Crippen LogP contribution is 2.62. The van der Waals surface area contributed by atoms with Crippen LogP contribution in [0.1, 0.15) is 67.6 Å². The molecule has 0 radical (unpaired) electrons. The summed E-state index contributed by atoms with van der Waals surface area (Å²) in [5.74, 6) is 0.572. The number of non-ortho nitro benzene ring substituents is 2. The van der Waals surface area contributed by atoms with Crippen molar-refractivity contribution in [3.8, 4) is 17.2 Å². The van der Waals surface area contributed by atoms with Crippen LogP contribution < -0.4 is 9.47 Å². The maximum absolute atomic E-state index is 11.6. The number of rotatable bonds is 22. The molecule has 1 aliphatic heterocycles. The average molecular weight is 865 g/mol. The van der Waals surface area contributed by atoms with Crippen LogP contribution in [0.15, 0.2) is 121 Å². The van der Waals surface area contributed by atoms with Gasteiger partial charge in [0.25, 0.3) is 11.4 Å². The van der Waals surface area contributed by atoms with Crippen LogP contribution in [-0.4, -0.2) is 67.4 Å². The molecule has 15 heteroatoms. The van der Waals surface area contributed by atoms with Gasteiger partial charge >= 0.3 is 0 Å². The van der Waals surface area contributed by atoms with Gasteiger partial charge in [0, 0.05) is 61.7 Å². The first-order chi connectivity index (χ1) is 30.2. The Bertz CT molecular complexity index is 2240. The lowest BCUT2D eigenvalue weighted by atomic mass is 9.56. The van der Waals surface area contributed by atoms with Gasteiger partial charge in [0.05, 0.1) is 39.4 Å². The van der Waals surface area contributed by atoms with Crippen molar-refractivity contribution in [2.24, 2.45) is 22.9 Å². The van der Waals surface area contributed by atoms with Crippen LogP contribution in [0.2, 0.25) is 0 Å². The monoisotopic (exact) mass is 864 g/mol. The van der Waals surface area contributed by atoms with E-state index in [1.807, 2.05) is 30.3 Å². The first kappa shape index (κ1) is 44.4. The molecule has 3 aromatic carbocycles. The number of nitro benzene ring substituents is 2. The molecule has 6 unspecified atom stereocenters. The van der Waals surface area contributed by atoms with E-state index in [1.165, 1.54) is 24.3 Å². The number of allylic oxidation sites excluding steroid dienone is 1. The number of benzene rings is 3. The van der Waals surface area contributed by atoms with Gasteiger partial charge in [-0.3, -0.25) is 25.2 Å². The van der Waals surface area contributed by atoms with Crippen molar-refractivity contribution in [3.63, 3.8) is 0 Å². The van der Waals surface area contributed by atoms with E-state index in [-0.39, 0.29) is 66.7 Å². The van der Waals surface area contributed by atoms with Gasteiger partial charge < -0.3 is 29.3 Å². The number of aliphatic hydroxyl groups is 2. The molecule has 2 aliphatic carbocycles. The van der Waals surface area contributed by atoms with E-state index in [1.54, 1.807) is 54.5 Å². The van der Waals surface area contributed by atoms with Gasteiger partial charge in [-0.2, -0.15) is 11.8 Å². The quantitative estimate of drug-likeness (QED) is 0.0330. The number of fused-ring (bicyclic) bond motifs is 2. The molecule has 0 saturated heterocycles. The fourth-order valence-corrected chi connectivity index (χ4v) is 10.5. The zero-order valence-corrected chi connectivity index (χ0v) is 35.3. The van der Waals surface area contributed by atoms with Crippen LogP contribution in [0.25, 0.3) is 0 Å². The fraction of sp³-hybridized carbons (Fsp3) is 0.404. The zero-order valence-electron chi connectivity index (χ0n) is 34.5. The summed E-state index contributed by atoms with van der Waals surface area (Å²) in [5.41, 5.74) is 4.43. The standard InChI is InChI=1S/C47H52N4O10S/c1-2-25-58-47-44(62-26-20-32-18-21-48-22-19-32)30-42(49-59-31-33-12-14-35(15-13-33)50(54)55)40-27-34(8-3-5-23-52)39(11-4-6-24-53)45(46(40)47)41-29-38(16-17-43(41)61-47)60-37-10-7-9-36(28-37)51(56)57/h2,7,9-10,12-19,21-22,27-29,34,39,44-46,52-53H,1,3-6,8,11,20,23-26,30-31H2. The number of unbranched alkanes of at least 4 members (excludes halogenated alkanes) is 2. The highest BCUT2D eigenvalue weighted by molar-refractivity contribution is 8.00. The SMILES string of the molecule is C=CCOC12Oc3ccc(Oc4cccc([N+](=O)[O-])c4)cc3C3C(CCCCO)C(CCCCO)C=C(C(=NOCc4ccc([N+](=O)[O-])cc4)CC1SCCc1ccncc1)C32. The zero-order chi connectivity index (χ0) is 43.5. The number of aliphatic hydroxyl groups excluding tert-OH is 2. The molecule has 4 aromatic rings. The molecule has 1 aromatic heterocycles. The number of thioether (sulfide) groups is 1. The Morgan fingerprint density at radius 2 is 1.65 bits per heavy atom. The second-order valence-electron chi connectivity index (χ2n) is 15.8. The Hall–Kier alpha value is -5.61. The van der Waals surface area contributed by atoms with E-state index >= 15 is 0 Å². The topological polar surface area (TPSA) is 189 Å². The van der Waals surface area contributed by atoms with Crippen LogP contribution in [-0.2, 0) is 22.6 Å². The first-order valence-electron chi connectivity index (χ1n) is 21.1. The number of aryl methyl sites for hydroxylation is 1. The summed E-state index contributed by atoms with van der Waals surface area (Å²) in [6.07, 6.45) is 13.3. The van der Waals surface area contributed by atoms with E-state index in [0.717, 1.165) is 65.8 Å². The van der Waals surface area contributed by atoms with Gasteiger partial charge in [-0.05, 0) is 115 Å². The summed E-state index contributed by atoms with van der Waals surface area (Å²) >= 11 is 1.75. The molecule has 0 amide bonds. The predicted molar refractivity (Wildman–Crippen MR) is 236 cm³/mol. The lowest BCUT2D eigenvalue weighted by Crippen LogP contribution is -2.64. The van der Waals surface area contributed by atoms with Crippen molar-refractivity contribution >= 4 is 28.8 Å². The van der Waals surface area contributed by atoms with E-state index < -0.39 is 15.6 Å². The molecule has 0 spiro atoms. The van der Waals surface area contributed by atoms with Crippen molar-refractivity contribution in [1.29, 1.82) is 0 Å². The van der Waals surface area contributed by atoms with E-state index in [0.29, 0.717) is 36.5 Å². The minimum absolute atomic E-state index is 0.00903. The van der Waals surface area contributed by atoms with E-state index in [2.05, 4.69) is 17.6 Å². The van der Waals surface area contributed by atoms with Crippen LogP contribution in [0.3, 0.4) is 0 Å². The number of nitro groups is 2. The third kappa shape index (κ3) is 10.2. The molecule has 2 heterocycles. The smallest absolute Gasteiger partial charge is 0.273 e. The molecule has 7 rings (SSSR count). The maximum atomic E-state index is 11.6. The summed E-state index contributed by atoms with van der Waals surface area (Å²) in [6, 6.07) is 22.0. The minimum atomic E-state index is -1.17. The largest absolute Gasteiger partial charge is 0.460 e. The number of hydrogen-bond acceptors (Lipinski definition) is 13. The Balaban J connectivity index is 1.35. The number of pyridine rings is 1. The molecular weight excluding hydrogens is 813 g/mol. The Labute approximate surface area is 365 Å². The number of aromatic nitrogens is 1. The second kappa shape index (κ2) is 21.0. The second-order valence-corrected chi connectivity index (χ2v) is 17.1. The normalized spacial score (nSPS) is 23.0. The molecule has 0 bridgehead atoms. The number of hydrogen-bond donors (Lipinski definition) is 2. The molecule has 14 nitrogen and oxygen atoms in total. The first-order valence-corrected chi connectivity index (χ1v) is 22.2. The summed E-state index contributed by atoms with van der Waals surface area (Å²) in [7, 11) is 0. The van der Waals surface area contributed by atoms with Gasteiger partial charge in [0.1, 0.15) is 23.9 Å². The van der Waals surface area contributed by atoms with Crippen LogP contribution in [0, 0.1) is 38.0 Å². The van der Waals surface area contributed by atoms with Gasteiger partial charge in [0.2, 0.25) is 5.79 Å². The number of oxime groups is 1. The highest BCUT2D eigenvalue weighted by atomic mass is 32.2. The van der Waals surface area contributed by atoms with Crippen molar-refractivity contribution in [2.45, 2.75) is 74.9 Å². The van der Waals surface area contributed by atoms with Crippen LogP contribution in [0.5, 0.6) is 17.2 Å². The van der Waals surface area contributed by atoms with Crippen LogP contribution >= 0.6 is 11.8 Å². The van der Waals surface area contributed by atoms with Crippen LogP contribution in [0.4, 0.5) is 11.4 Å². The molecule has 2 N–H and O–H groups in total. The molecule has 1 saturated carbocycles. The predicted octanol–water partition coefficient (Wildman–Crippen LogP) is 9.50. The fourth-order valence-electron chi connectivity index (χ4n) is 9.10. The molecule has 62 heavy (non-hydrogen) atoms. The van der Waals surface area contributed by atoms with E-state index in [4.69, 9.17) is 24.2 Å². The minimum Gasteiger partial charge on any atom is -0.460 e. The Kier molecular flexibility index (Phi) is 15.0. The van der Waals surface area contributed by atoms with E-state index in [9.17, 15) is 30.4 Å². The Morgan fingerprint density at radius 3 is 2.37 bits per heavy atom. The molecule has 326 valence electrons. The third-order valence-corrected chi connectivity index (χ3v) is 13.2. The highest BCUT2D eigenvalue weighted by Gasteiger charge is 2.64. The van der Waals surface area contributed by atoms with Gasteiger partial charge in [-0.25, -0.2) is 0 Å². The summed E-state index contributed by atoms with van der Waals surface area (Å²) in [5, 5.41) is 47.3. The van der Waals surface area contributed by atoms with Gasteiger partial charge in [0.15, 0.2) is 0 Å². The van der Waals surface area contributed by atoms with Crippen molar-refractivity contribution in [1.82, 2.24) is 4.98 Å². The Morgan fingerprint density at radius 1 is 0.903 bits per heavy atom. The van der Waals surface area contributed by atoms with Crippen molar-refractivity contribution < 1.29 is 39.1 Å². The summed E-state index contributed by atoms with van der Waals surface area (Å²) in [6.45, 7) is 4.49. The van der Waals surface area contributed by atoms with Crippen molar-refractivity contribution in [3.05, 3.63) is 152 Å². The van der Waals surface area contributed by atoms with Crippen molar-refractivity contribution in [2.75, 3.05) is 25.6 Å². The van der Waals surface area contributed by atoms with Gasteiger partial charge in [-0.15, -0.1) is 6.58 Å².